The normalized spacial score (nSPS) is 36.5. The summed E-state index contributed by atoms with van der Waals surface area (Å²) in [5.74, 6) is 0.411. The van der Waals surface area contributed by atoms with Gasteiger partial charge in [0.05, 0.1) is 11.4 Å². The van der Waals surface area contributed by atoms with Crippen molar-refractivity contribution in [3.05, 3.63) is 34.9 Å². The Labute approximate surface area is 230 Å². The van der Waals surface area contributed by atoms with Gasteiger partial charge in [0.1, 0.15) is 12.5 Å². The molecule has 4 aliphatic rings. The molecule has 1 aliphatic carbocycles. The first-order valence-electron chi connectivity index (χ1n) is 15.0. The van der Waals surface area contributed by atoms with Crippen LogP contribution in [-0.2, 0) is 14.8 Å². The lowest BCUT2D eigenvalue weighted by molar-refractivity contribution is -0.0782. The average Bonchev–Trinajstić information content (AvgIpc) is 3.06. The maximum Gasteiger partial charge on any atom is 0.216 e. The number of hydrogen-bond donors (Lipinski definition) is 3. The molecule has 7 atom stereocenters. The Kier molecular flexibility index (Phi) is 9.14. The van der Waals surface area contributed by atoms with Crippen molar-refractivity contribution in [1.82, 2.24) is 25.2 Å². The lowest BCUT2D eigenvalue weighted by atomic mass is 9.88. The summed E-state index contributed by atoms with van der Waals surface area (Å²) in [6.45, 7) is 13.7. The maximum atomic E-state index is 13.6. The molecule has 3 saturated heterocycles. The van der Waals surface area contributed by atoms with Gasteiger partial charge in [-0.1, -0.05) is 38.5 Å². The summed E-state index contributed by atoms with van der Waals surface area (Å²) < 4.78 is 37.1. The van der Waals surface area contributed by atoms with Gasteiger partial charge in [-0.05, 0) is 68.6 Å². The molecule has 1 saturated carbocycles. The molecule has 5 rings (SSSR count). The molecule has 1 aromatic carbocycles. The fourth-order valence-electron chi connectivity index (χ4n) is 7.52. The zero-order chi connectivity index (χ0) is 26.9. The van der Waals surface area contributed by atoms with Crippen molar-refractivity contribution in [2.24, 2.45) is 5.92 Å². The van der Waals surface area contributed by atoms with E-state index in [4.69, 9.17) is 4.74 Å². The molecule has 0 radical (unpaired) electrons. The molecule has 4 fully saturated rings. The second-order valence-corrected chi connectivity index (χ2v) is 14.1. The summed E-state index contributed by atoms with van der Waals surface area (Å²) in [5.41, 5.74) is 3.69. The van der Waals surface area contributed by atoms with Crippen molar-refractivity contribution in [3.63, 3.8) is 0 Å². The van der Waals surface area contributed by atoms with Gasteiger partial charge in [0, 0.05) is 51.2 Å². The summed E-state index contributed by atoms with van der Waals surface area (Å²) in [5, 5.41) is 6.75. The Morgan fingerprint density at radius 2 is 1.76 bits per heavy atom. The number of hydrogen-bond acceptors (Lipinski definition) is 7. The van der Waals surface area contributed by atoms with E-state index in [0.717, 1.165) is 77.7 Å². The van der Waals surface area contributed by atoms with Crippen LogP contribution < -0.4 is 15.4 Å². The van der Waals surface area contributed by atoms with Crippen LogP contribution in [0.15, 0.2) is 18.2 Å². The molecule has 1 aromatic rings. The lowest BCUT2D eigenvalue weighted by Gasteiger charge is -2.41. The summed E-state index contributed by atoms with van der Waals surface area (Å²) in [7, 11) is -3.48. The fourth-order valence-corrected chi connectivity index (χ4v) is 9.18. The molecule has 0 aromatic heterocycles. The van der Waals surface area contributed by atoms with Crippen molar-refractivity contribution in [3.8, 4) is 0 Å². The van der Waals surface area contributed by atoms with Crippen LogP contribution in [0.25, 0.3) is 0 Å². The van der Waals surface area contributed by atoms with E-state index in [1.54, 1.807) is 0 Å². The molecule has 3 N–H and O–H groups in total. The second kappa shape index (κ2) is 12.2. The smallest absolute Gasteiger partial charge is 0.216 e. The first-order valence-corrected chi connectivity index (χ1v) is 16.5. The SMILES string of the molecule is CCC(CC)N1CCN2CC3CCCC(C3)S(=O)(=O)NC3NC(CC(c4c(C)cccc4C)N3)O[C@H](C2)C1. The van der Waals surface area contributed by atoms with Gasteiger partial charge < -0.3 is 4.74 Å². The van der Waals surface area contributed by atoms with E-state index in [2.05, 4.69) is 71.0 Å². The third kappa shape index (κ3) is 6.45. The summed E-state index contributed by atoms with van der Waals surface area (Å²) >= 11 is 0. The van der Waals surface area contributed by atoms with Crippen LogP contribution in [0.2, 0.25) is 0 Å². The number of sulfonamides is 1. The van der Waals surface area contributed by atoms with Crippen LogP contribution in [0.4, 0.5) is 0 Å². The zero-order valence-electron chi connectivity index (χ0n) is 23.8. The van der Waals surface area contributed by atoms with Gasteiger partial charge in [-0.2, -0.15) is 4.72 Å². The number of rotatable bonds is 4. The molecule has 6 unspecified atom stereocenters. The highest BCUT2D eigenvalue weighted by Gasteiger charge is 2.40. The molecule has 6 bridgehead atoms. The summed E-state index contributed by atoms with van der Waals surface area (Å²) in [4.78, 5) is 5.21. The van der Waals surface area contributed by atoms with Crippen LogP contribution in [0.5, 0.6) is 0 Å². The highest BCUT2D eigenvalue weighted by atomic mass is 32.2. The number of fused-ring (bicyclic) bond motifs is 6. The number of ether oxygens (including phenoxy) is 1. The molecular weight excluding hydrogens is 498 g/mol. The Bertz CT molecular complexity index is 1030. The molecular formula is C29H49N5O3S. The zero-order valence-corrected chi connectivity index (χ0v) is 24.6. The minimum absolute atomic E-state index is 0.00333. The van der Waals surface area contributed by atoms with Crippen molar-refractivity contribution >= 4 is 10.0 Å². The van der Waals surface area contributed by atoms with E-state index in [9.17, 15) is 8.42 Å². The van der Waals surface area contributed by atoms with E-state index in [1.165, 1.54) is 16.7 Å². The molecule has 3 aliphatic heterocycles. The van der Waals surface area contributed by atoms with Crippen LogP contribution in [0, 0.1) is 19.8 Å². The van der Waals surface area contributed by atoms with Crippen LogP contribution in [0.3, 0.4) is 0 Å². The Hall–Kier alpha value is -1.07. The van der Waals surface area contributed by atoms with Crippen LogP contribution in [0.1, 0.15) is 81.5 Å². The van der Waals surface area contributed by atoms with E-state index in [0.29, 0.717) is 12.0 Å². The highest BCUT2D eigenvalue weighted by Crippen LogP contribution is 2.32. The minimum Gasteiger partial charge on any atom is -0.357 e. The standard InChI is InChI=1S/C29H49N5O3S/c1-5-23(6-2)34-14-13-33-17-22-11-8-12-25(15-22)38(35,36)32-29-30-26(28-20(3)9-7-10-21(28)4)16-27(31-29)37-24(18-33)19-34/h7,9-10,22-27,29-32H,5-6,8,11-19H2,1-4H3/t22?,24-,25?,26?,27?,29?/m1/s1. The van der Waals surface area contributed by atoms with Gasteiger partial charge in [-0.15, -0.1) is 0 Å². The van der Waals surface area contributed by atoms with Gasteiger partial charge in [0.15, 0.2) is 0 Å². The average molecular weight is 548 g/mol. The maximum absolute atomic E-state index is 13.6. The molecule has 0 spiro atoms. The fraction of sp³-hybridized carbons (Fsp3) is 0.793. The summed E-state index contributed by atoms with van der Waals surface area (Å²) in [6, 6.07) is 6.94. The number of nitrogens with zero attached hydrogens (tertiary/aromatic N) is 2. The van der Waals surface area contributed by atoms with Gasteiger partial charge in [-0.25, -0.2) is 8.42 Å². The Balaban J connectivity index is 1.47. The molecule has 3 heterocycles. The number of benzene rings is 1. The van der Waals surface area contributed by atoms with E-state index in [1.807, 2.05) is 0 Å². The van der Waals surface area contributed by atoms with Crippen molar-refractivity contribution in [1.29, 1.82) is 0 Å². The third-order valence-electron chi connectivity index (χ3n) is 9.45. The largest absolute Gasteiger partial charge is 0.357 e. The quantitative estimate of drug-likeness (QED) is 0.534. The topological polar surface area (TPSA) is 85.9 Å². The third-order valence-corrected chi connectivity index (χ3v) is 11.3. The molecule has 8 nitrogen and oxygen atoms in total. The van der Waals surface area contributed by atoms with Crippen molar-refractivity contribution < 1.29 is 13.2 Å². The van der Waals surface area contributed by atoms with Gasteiger partial charge in [-0.3, -0.25) is 20.4 Å². The molecule has 9 heteroatoms. The second-order valence-electron chi connectivity index (χ2n) is 12.1. The van der Waals surface area contributed by atoms with Crippen molar-refractivity contribution in [2.45, 2.75) is 109 Å². The monoisotopic (exact) mass is 547 g/mol. The number of nitrogens with one attached hydrogen (secondary N) is 3. The number of aryl methyl sites for hydroxylation is 2. The van der Waals surface area contributed by atoms with E-state index in [-0.39, 0.29) is 23.6 Å². The predicted octanol–water partition coefficient (Wildman–Crippen LogP) is 3.22. The van der Waals surface area contributed by atoms with Crippen LogP contribution in [-0.4, -0.2) is 80.9 Å². The van der Waals surface area contributed by atoms with E-state index < -0.39 is 16.3 Å². The Morgan fingerprint density at radius 3 is 2.50 bits per heavy atom. The molecule has 0 amide bonds. The summed E-state index contributed by atoms with van der Waals surface area (Å²) in [6.07, 6.45) is 5.87. The molecule has 214 valence electrons. The first kappa shape index (κ1) is 28.5. The first-order chi connectivity index (χ1) is 18.3. The van der Waals surface area contributed by atoms with Crippen LogP contribution >= 0.6 is 0 Å². The molecule has 38 heavy (non-hydrogen) atoms. The lowest BCUT2D eigenvalue weighted by Crippen LogP contribution is -2.64. The highest BCUT2D eigenvalue weighted by molar-refractivity contribution is 7.90. The van der Waals surface area contributed by atoms with E-state index >= 15 is 0 Å². The van der Waals surface area contributed by atoms with Crippen molar-refractivity contribution in [2.75, 3.05) is 32.7 Å². The minimum atomic E-state index is -3.48. The Morgan fingerprint density at radius 1 is 1.00 bits per heavy atom. The van der Waals surface area contributed by atoms with Gasteiger partial charge >= 0.3 is 0 Å². The van der Waals surface area contributed by atoms with Gasteiger partial charge in [0.2, 0.25) is 10.0 Å². The van der Waals surface area contributed by atoms with Gasteiger partial charge in [0.25, 0.3) is 0 Å². The predicted molar refractivity (Wildman–Crippen MR) is 152 cm³/mol.